The molecule has 1 fully saturated rings. The number of benzene rings is 1. The Morgan fingerprint density at radius 3 is 2.65 bits per heavy atom. The van der Waals surface area contributed by atoms with Crippen LogP contribution in [0.25, 0.3) is 28.3 Å². The molecule has 1 N–H and O–H groups in total. The van der Waals surface area contributed by atoms with E-state index in [1.165, 1.54) is 19.3 Å². The van der Waals surface area contributed by atoms with Crippen LogP contribution in [0.5, 0.6) is 0 Å². The van der Waals surface area contributed by atoms with Gasteiger partial charge in [-0.3, -0.25) is 9.78 Å². The Kier molecular flexibility index (Phi) is 4.57. The van der Waals surface area contributed by atoms with Crippen molar-refractivity contribution in [3.63, 3.8) is 0 Å². The van der Waals surface area contributed by atoms with Crippen molar-refractivity contribution in [3.8, 4) is 11.3 Å². The number of nitrogens with zero attached hydrogens (tertiary/aromatic N) is 1. The lowest BCUT2D eigenvalue weighted by atomic mass is 9.95. The highest BCUT2D eigenvalue weighted by molar-refractivity contribution is 5.97. The number of aromatic nitrogens is 1. The third-order valence-corrected chi connectivity index (χ3v) is 5.10. The summed E-state index contributed by atoms with van der Waals surface area (Å²) in [6, 6.07) is 9.84. The summed E-state index contributed by atoms with van der Waals surface area (Å²) in [5.41, 5.74) is 4.15. The summed E-state index contributed by atoms with van der Waals surface area (Å²) < 4.78 is 5.57. The second kappa shape index (κ2) is 7.16. The Morgan fingerprint density at radius 2 is 1.92 bits per heavy atom. The standard InChI is InChI=1S/C22H22N2O2/c1-2-15-14-23-20(19-12-13-26-21(15)19)16-8-10-17(11-9-16)22(25)24-18-6-4-3-5-7-18/h2,8-14,18H,1,3-7H2,(H,24,25). The second-order valence-corrected chi connectivity index (χ2v) is 6.82. The number of pyridine rings is 1. The van der Waals surface area contributed by atoms with Gasteiger partial charge in [-0.15, -0.1) is 0 Å². The van der Waals surface area contributed by atoms with Crippen molar-refractivity contribution in [3.05, 3.63) is 60.5 Å². The first kappa shape index (κ1) is 16.6. The van der Waals surface area contributed by atoms with Gasteiger partial charge >= 0.3 is 0 Å². The molecule has 3 aromatic rings. The molecule has 4 rings (SSSR count). The number of amides is 1. The van der Waals surface area contributed by atoms with Crippen LogP contribution in [0.1, 0.15) is 48.0 Å². The van der Waals surface area contributed by atoms with E-state index in [1.54, 1.807) is 18.5 Å². The molecule has 0 aliphatic heterocycles. The molecule has 4 heteroatoms. The van der Waals surface area contributed by atoms with E-state index >= 15 is 0 Å². The summed E-state index contributed by atoms with van der Waals surface area (Å²) in [6.07, 6.45) is 11.0. The lowest BCUT2D eigenvalue weighted by Crippen LogP contribution is -2.36. The number of rotatable bonds is 4. The fourth-order valence-corrected chi connectivity index (χ4v) is 3.65. The third kappa shape index (κ3) is 3.15. The van der Waals surface area contributed by atoms with Crippen LogP contribution < -0.4 is 5.32 Å². The molecular formula is C22H22N2O2. The van der Waals surface area contributed by atoms with Crippen LogP contribution >= 0.6 is 0 Å². The molecule has 0 spiro atoms. The van der Waals surface area contributed by atoms with Gasteiger partial charge in [-0.25, -0.2) is 0 Å². The van der Waals surface area contributed by atoms with Crippen molar-refractivity contribution in [2.24, 2.45) is 0 Å². The van der Waals surface area contributed by atoms with Gasteiger partial charge in [0.05, 0.1) is 12.0 Å². The van der Waals surface area contributed by atoms with Crippen molar-refractivity contribution in [1.82, 2.24) is 10.3 Å². The maximum absolute atomic E-state index is 12.5. The molecule has 1 saturated carbocycles. The number of hydrogen-bond acceptors (Lipinski definition) is 3. The minimum absolute atomic E-state index is 0.00636. The largest absolute Gasteiger partial charge is 0.464 e. The number of hydrogen-bond donors (Lipinski definition) is 1. The van der Waals surface area contributed by atoms with Crippen LogP contribution in [-0.2, 0) is 0 Å². The van der Waals surface area contributed by atoms with Gasteiger partial charge in [-0.1, -0.05) is 44.1 Å². The molecule has 132 valence electrons. The third-order valence-electron chi connectivity index (χ3n) is 5.10. The van der Waals surface area contributed by atoms with E-state index in [4.69, 9.17) is 4.42 Å². The van der Waals surface area contributed by atoms with Gasteiger partial charge in [0.2, 0.25) is 0 Å². The number of furan rings is 1. The van der Waals surface area contributed by atoms with Gasteiger partial charge < -0.3 is 9.73 Å². The van der Waals surface area contributed by atoms with Crippen molar-refractivity contribution < 1.29 is 9.21 Å². The average Bonchev–Trinajstić information content (AvgIpc) is 3.18. The summed E-state index contributed by atoms with van der Waals surface area (Å²) in [4.78, 5) is 17.0. The molecule has 1 aromatic carbocycles. The normalized spacial score (nSPS) is 15.1. The molecule has 0 bridgehead atoms. The topological polar surface area (TPSA) is 55.1 Å². The van der Waals surface area contributed by atoms with Gasteiger partial charge in [-0.05, 0) is 31.0 Å². The summed E-state index contributed by atoms with van der Waals surface area (Å²) >= 11 is 0. The summed E-state index contributed by atoms with van der Waals surface area (Å²) in [6.45, 7) is 3.80. The monoisotopic (exact) mass is 346 g/mol. The lowest BCUT2D eigenvalue weighted by molar-refractivity contribution is 0.0927. The van der Waals surface area contributed by atoms with Gasteiger partial charge in [-0.2, -0.15) is 0 Å². The molecule has 26 heavy (non-hydrogen) atoms. The molecule has 1 aliphatic carbocycles. The SMILES string of the molecule is C=Cc1cnc(-c2ccc(C(=O)NC3CCCCC3)cc2)c2ccoc12. The van der Waals surface area contributed by atoms with Crippen LogP contribution in [0.4, 0.5) is 0 Å². The predicted molar refractivity (Wildman–Crippen MR) is 104 cm³/mol. The molecule has 1 aliphatic rings. The second-order valence-electron chi connectivity index (χ2n) is 6.82. The van der Waals surface area contributed by atoms with Gasteiger partial charge in [0.15, 0.2) is 0 Å². The van der Waals surface area contributed by atoms with Gasteiger partial charge in [0.25, 0.3) is 5.91 Å². The van der Waals surface area contributed by atoms with Crippen molar-refractivity contribution in [2.45, 2.75) is 38.1 Å². The summed E-state index contributed by atoms with van der Waals surface area (Å²) in [7, 11) is 0. The van der Waals surface area contributed by atoms with E-state index in [0.29, 0.717) is 11.6 Å². The molecule has 4 nitrogen and oxygen atoms in total. The van der Waals surface area contributed by atoms with Crippen molar-refractivity contribution in [2.75, 3.05) is 0 Å². The maximum Gasteiger partial charge on any atom is 0.251 e. The first-order valence-electron chi connectivity index (χ1n) is 9.16. The highest BCUT2D eigenvalue weighted by Gasteiger charge is 2.17. The Hall–Kier alpha value is -2.88. The zero-order chi connectivity index (χ0) is 17.9. The summed E-state index contributed by atoms with van der Waals surface area (Å²) in [5.74, 6) is 0.00636. The number of carbonyl (C=O) groups is 1. The fraction of sp³-hybridized carbons (Fsp3) is 0.273. The Balaban J connectivity index is 1.57. The highest BCUT2D eigenvalue weighted by Crippen LogP contribution is 2.30. The number of nitrogens with one attached hydrogen (secondary N) is 1. The minimum atomic E-state index is 0.00636. The van der Waals surface area contributed by atoms with E-state index in [-0.39, 0.29) is 5.91 Å². The molecule has 2 heterocycles. The molecule has 0 atom stereocenters. The van der Waals surface area contributed by atoms with E-state index in [0.717, 1.165) is 40.6 Å². The lowest BCUT2D eigenvalue weighted by Gasteiger charge is -2.22. The molecule has 1 amide bonds. The Morgan fingerprint density at radius 1 is 1.15 bits per heavy atom. The highest BCUT2D eigenvalue weighted by atomic mass is 16.3. The van der Waals surface area contributed by atoms with Crippen LogP contribution in [0, 0.1) is 0 Å². The van der Waals surface area contributed by atoms with E-state index in [9.17, 15) is 4.79 Å². The first-order valence-corrected chi connectivity index (χ1v) is 9.16. The Labute approximate surface area is 152 Å². The number of fused-ring (bicyclic) bond motifs is 1. The average molecular weight is 346 g/mol. The van der Waals surface area contributed by atoms with Crippen LogP contribution in [0.3, 0.4) is 0 Å². The van der Waals surface area contributed by atoms with Crippen LogP contribution in [0.2, 0.25) is 0 Å². The van der Waals surface area contributed by atoms with Gasteiger partial charge in [0, 0.05) is 34.3 Å². The van der Waals surface area contributed by atoms with E-state index < -0.39 is 0 Å². The van der Waals surface area contributed by atoms with E-state index in [2.05, 4.69) is 16.9 Å². The van der Waals surface area contributed by atoms with Gasteiger partial charge in [0.1, 0.15) is 5.58 Å². The quantitative estimate of drug-likeness (QED) is 0.706. The molecule has 0 radical (unpaired) electrons. The predicted octanol–water partition coefficient (Wildman–Crippen LogP) is 5.20. The van der Waals surface area contributed by atoms with Crippen LogP contribution in [0.15, 0.2) is 53.8 Å². The van der Waals surface area contributed by atoms with E-state index in [1.807, 2.05) is 30.3 Å². The Bertz CT molecular complexity index is 934. The molecule has 2 aromatic heterocycles. The fourth-order valence-electron chi connectivity index (χ4n) is 3.65. The molecule has 0 saturated heterocycles. The van der Waals surface area contributed by atoms with Crippen LogP contribution in [-0.4, -0.2) is 16.9 Å². The zero-order valence-corrected chi connectivity index (χ0v) is 14.7. The maximum atomic E-state index is 12.5. The van der Waals surface area contributed by atoms with Crippen molar-refractivity contribution in [1.29, 1.82) is 0 Å². The van der Waals surface area contributed by atoms with Crippen molar-refractivity contribution >= 4 is 23.0 Å². The number of carbonyl (C=O) groups excluding carboxylic acids is 1. The minimum Gasteiger partial charge on any atom is -0.464 e. The molecule has 0 unspecified atom stereocenters. The summed E-state index contributed by atoms with van der Waals surface area (Å²) in [5, 5.41) is 4.10. The first-order chi connectivity index (χ1) is 12.8. The zero-order valence-electron chi connectivity index (χ0n) is 14.7. The molecular weight excluding hydrogens is 324 g/mol. The smallest absolute Gasteiger partial charge is 0.251 e.